The van der Waals surface area contributed by atoms with Gasteiger partial charge in [-0.25, -0.2) is 0 Å². The van der Waals surface area contributed by atoms with Gasteiger partial charge in [0, 0.05) is 9.75 Å². The highest BCUT2D eigenvalue weighted by Crippen LogP contribution is 2.50. The first-order valence-electron chi connectivity index (χ1n) is 5.77. The van der Waals surface area contributed by atoms with Crippen molar-refractivity contribution in [2.75, 3.05) is 13.6 Å². The zero-order valence-electron chi connectivity index (χ0n) is 10.1. The number of hydrogen-bond donors (Lipinski definition) is 1. The molecule has 1 aromatic rings. The van der Waals surface area contributed by atoms with Gasteiger partial charge in [0.2, 0.25) is 0 Å². The van der Waals surface area contributed by atoms with Crippen molar-refractivity contribution in [1.29, 1.82) is 0 Å². The molecule has 0 radical (unpaired) electrons. The summed E-state index contributed by atoms with van der Waals surface area (Å²) in [7, 11) is 2.05. The topological polar surface area (TPSA) is 12.0 Å². The molecule has 0 aliphatic heterocycles. The van der Waals surface area contributed by atoms with E-state index in [1.807, 2.05) is 18.4 Å². The Bertz CT molecular complexity index is 335. The molecule has 0 spiro atoms. The summed E-state index contributed by atoms with van der Waals surface area (Å²) in [5.41, 5.74) is 0.316. The van der Waals surface area contributed by atoms with Crippen molar-refractivity contribution < 1.29 is 0 Å². The molecule has 1 N–H and O–H groups in total. The van der Waals surface area contributed by atoms with Gasteiger partial charge in [-0.15, -0.1) is 11.3 Å². The van der Waals surface area contributed by atoms with Gasteiger partial charge in [-0.2, -0.15) is 0 Å². The number of hydrogen-bond acceptors (Lipinski definition) is 2. The van der Waals surface area contributed by atoms with Crippen LogP contribution in [0.15, 0.2) is 12.1 Å². The quantitative estimate of drug-likeness (QED) is 0.828. The highest BCUT2D eigenvalue weighted by molar-refractivity contribution is 7.12. The van der Waals surface area contributed by atoms with Crippen LogP contribution in [0.4, 0.5) is 0 Å². The van der Waals surface area contributed by atoms with Crippen LogP contribution >= 0.6 is 11.3 Å². The van der Waals surface area contributed by atoms with E-state index in [0.29, 0.717) is 5.41 Å². The van der Waals surface area contributed by atoms with E-state index >= 15 is 0 Å². The van der Waals surface area contributed by atoms with Crippen LogP contribution in [0.25, 0.3) is 0 Å². The van der Waals surface area contributed by atoms with Crippen LogP contribution in [0.1, 0.15) is 42.9 Å². The van der Waals surface area contributed by atoms with E-state index in [9.17, 15) is 0 Å². The fraction of sp³-hybridized carbons (Fsp3) is 0.692. The summed E-state index contributed by atoms with van der Waals surface area (Å²) in [4.78, 5) is 3.12. The molecule has 0 amide bonds. The number of thiophene rings is 1. The Kier molecular flexibility index (Phi) is 2.91. The molecule has 1 aromatic heterocycles. The van der Waals surface area contributed by atoms with Gasteiger partial charge in [0.05, 0.1) is 0 Å². The average Bonchev–Trinajstić information content (AvgIpc) is 2.73. The molecule has 1 aliphatic rings. The Balaban J connectivity index is 2.03. The lowest BCUT2D eigenvalue weighted by Crippen LogP contribution is -2.10. The summed E-state index contributed by atoms with van der Waals surface area (Å²) in [6.07, 6.45) is 1.38. The summed E-state index contributed by atoms with van der Waals surface area (Å²) in [6, 6.07) is 4.65. The minimum Gasteiger partial charge on any atom is -0.319 e. The summed E-state index contributed by atoms with van der Waals surface area (Å²) in [6.45, 7) is 8.05. The molecule has 2 rings (SSSR count). The van der Waals surface area contributed by atoms with E-state index < -0.39 is 0 Å². The van der Waals surface area contributed by atoms with Crippen molar-refractivity contribution in [2.45, 2.75) is 38.5 Å². The van der Waals surface area contributed by atoms with Gasteiger partial charge >= 0.3 is 0 Å². The van der Waals surface area contributed by atoms with E-state index in [1.165, 1.54) is 17.8 Å². The summed E-state index contributed by atoms with van der Waals surface area (Å²) >= 11 is 2.01. The smallest absolute Gasteiger partial charge is 0.0102 e. The summed E-state index contributed by atoms with van der Waals surface area (Å²) in [5.74, 6) is 1.74. The van der Waals surface area contributed by atoms with Crippen LogP contribution in [0.3, 0.4) is 0 Å². The van der Waals surface area contributed by atoms with Crippen LogP contribution in [0.5, 0.6) is 0 Å². The zero-order valence-corrected chi connectivity index (χ0v) is 10.9. The average molecular weight is 223 g/mol. The minimum absolute atomic E-state index is 0.316. The molecule has 0 saturated heterocycles. The lowest BCUT2D eigenvalue weighted by atomic mass is 9.95. The van der Waals surface area contributed by atoms with Crippen molar-refractivity contribution >= 4 is 11.3 Å². The Morgan fingerprint density at radius 1 is 1.40 bits per heavy atom. The van der Waals surface area contributed by atoms with Gasteiger partial charge in [0.25, 0.3) is 0 Å². The minimum atomic E-state index is 0.316. The molecule has 2 unspecified atom stereocenters. The fourth-order valence-corrected chi connectivity index (χ4v) is 3.31. The van der Waals surface area contributed by atoms with Crippen molar-refractivity contribution in [3.05, 3.63) is 21.9 Å². The van der Waals surface area contributed by atoms with E-state index in [-0.39, 0.29) is 0 Å². The van der Waals surface area contributed by atoms with Crippen molar-refractivity contribution in [1.82, 2.24) is 5.32 Å². The molecule has 84 valence electrons. The van der Waals surface area contributed by atoms with Crippen molar-refractivity contribution in [3.8, 4) is 0 Å². The molecular weight excluding hydrogens is 202 g/mol. The molecule has 1 fully saturated rings. The van der Waals surface area contributed by atoms with E-state index in [2.05, 4.69) is 38.2 Å². The van der Waals surface area contributed by atoms with Gasteiger partial charge < -0.3 is 5.32 Å². The van der Waals surface area contributed by atoms with Crippen LogP contribution < -0.4 is 5.32 Å². The van der Waals surface area contributed by atoms with Gasteiger partial charge in [-0.1, -0.05) is 20.8 Å². The van der Waals surface area contributed by atoms with Crippen LogP contribution in [0, 0.1) is 5.92 Å². The highest BCUT2D eigenvalue weighted by atomic mass is 32.1. The second kappa shape index (κ2) is 3.91. The molecule has 0 bridgehead atoms. The first kappa shape index (κ1) is 11.2. The van der Waals surface area contributed by atoms with Crippen LogP contribution in [-0.2, 0) is 5.41 Å². The van der Waals surface area contributed by atoms with Crippen molar-refractivity contribution in [3.63, 3.8) is 0 Å². The van der Waals surface area contributed by atoms with Gasteiger partial charge in [0.15, 0.2) is 0 Å². The lowest BCUT2D eigenvalue weighted by molar-refractivity contribution is 0.604. The third kappa shape index (κ3) is 2.43. The van der Waals surface area contributed by atoms with Gasteiger partial charge in [-0.05, 0) is 49.4 Å². The van der Waals surface area contributed by atoms with Crippen molar-refractivity contribution in [2.24, 2.45) is 5.92 Å². The zero-order chi connectivity index (χ0) is 11.1. The third-order valence-electron chi connectivity index (χ3n) is 3.12. The Morgan fingerprint density at radius 3 is 2.67 bits per heavy atom. The number of nitrogens with one attached hydrogen (secondary N) is 1. The fourth-order valence-electron chi connectivity index (χ4n) is 2.04. The Morgan fingerprint density at radius 2 is 2.13 bits per heavy atom. The van der Waals surface area contributed by atoms with Crippen LogP contribution in [-0.4, -0.2) is 13.6 Å². The van der Waals surface area contributed by atoms with E-state index in [4.69, 9.17) is 0 Å². The molecule has 15 heavy (non-hydrogen) atoms. The highest BCUT2D eigenvalue weighted by Gasteiger charge is 2.38. The lowest BCUT2D eigenvalue weighted by Gasteiger charge is -2.15. The first-order chi connectivity index (χ1) is 7.02. The standard InChI is InChI=1S/C13H21NS/c1-13(2,3)12-6-5-11(15-12)10-7-9(10)8-14-4/h5-6,9-10,14H,7-8H2,1-4H3. The second-order valence-corrected chi connectivity index (χ2v) is 6.73. The first-order valence-corrected chi connectivity index (χ1v) is 6.59. The van der Waals surface area contributed by atoms with Gasteiger partial charge in [0.1, 0.15) is 0 Å². The predicted molar refractivity (Wildman–Crippen MR) is 67.8 cm³/mol. The monoisotopic (exact) mass is 223 g/mol. The normalized spacial score (nSPS) is 25.6. The molecule has 1 aliphatic carbocycles. The maximum Gasteiger partial charge on any atom is 0.0102 e. The molecule has 2 heteroatoms. The van der Waals surface area contributed by atoms with Gasteiger partial charge in [-0.3, -0.25) is 0 Å². The molecule has 1 saturated carbocycles. The molecule has 2 atom stereocenters. The van der Waals surface area contributed by atoms with Crippen LogP contribution in [0.2, 0.25) is 0 Å². The second-order valence-electron chi connectivity index (χ2n) is 5.61. The maximum atomic E-state index is 3.27. The third-order valence-corrected chi connectivity index (χ3v) is 4.76. The predicted octanol–water partition coefficient (Wildman–Crippen LogP) is 3.37. The summed E-state index contributed by atoms with van der Waals surface area (Å²) in [5, 5.41) is 3.27. The maximum absolute atomic E-state index is 3.27. The Labute approximate surface area is 96.9 Å². The molecule has 1 nitrogen and oxygen atoms in total. The molecule has 1 heterocycles. The van der Waals surface area contributed by atoms with E-state index in [0.717, 1.165) is 11.8 Å². The summed E-state index contributed by atoms with van der Waals surface area (Å²) < 4.78 is 0. The number of rotatable bonds is 3. The largest absolute Gasteiger partial charge is 0.319 e. The Hall–Kier alpha value is -0.340. The van der Waals surface area contributed by atoms with E-state index in [1.54, 1.807) is 4.88 Å². The molecule has 0 aromatic carbocycles. The SMILES string of the molecule is CNCC1CC1c1ccc(C(C)(C)C)s1. The molecular formula is C13H21NS.